The van der Waals surface area contributed by atoms with Crippen molar-refractivity contribution in [1.29, 1.82) is 0 Å². The Kier molecular flexibility index (Phi) is 4.40. The lowest BCUT2D eigenvalue weighted by Gasteiger charge is -2.32. The molecule has 0 amide bonds. The van der Waals surface area contributed by atoms with E-state index in [1.54, 1.807) is 0 Å². The zero-order valence-electron chi connectivity index (χ0n) is 13.5. The van der Waals surface area contributed by atoms with Gasteiger partial charge < -0.3 is 14.0 Å². The van der Waals surface area contributed by atoms with E-state index in [-0.39, 0.29) is 5.46 Å². The molecule has 1 aliphatic heterocycles. The van der Waals surface area contributed by atoms with Crippen molar-refractivity contribution in [3.05, 3.63) is 18.1 Å². The van der Waals surface area contributed by atoms with E-state index in [1.165, 1.54) is 6.20 Å². The summed E-state index contributed by atoms with van der Waals surface area (Å²) in [5, 5.41) is 0. The Balaban J connectivity index is 2.18. The molecule has 1 atom stereocenters. The van der Waals surface area contributed by atoms with Crippen LogP contribution in [0, 0.1) is 5.82 Å². The first-order valence-corrected chi connectivity index (χ1v) is 7.08. The maximum Gasteiger partial charge on any atom is 0.496 e. The molecule has 4 nitrogen and oxygen atoms in total. The van der Waals surface area contributed by atoms with E-state index in [4.69, 9.17) is 9.31 Å². The minimum absolute atomic E-state index is 0.271. The topological polar surface area (TPSA) is 40.6 Å². The summed E-state index contributed by atoms with van der Waals surface area (Å²) in [6.45, 7) is 8.11. The van der Waals surface area contributed by atoms with Gasteiger partial charge in [0.15, 0.2) is 11.9 Å². The number of ether oxygens (including phenoxy) is 1. The van der Waals surface area contributed by atoms with Crippen LogP contribution in [0.2, 0.25) is 0 Å². The Hall–Kier alpha value is -1.35. The molecule has 1 aliphatic rings. The smallest absolute Gasteiger partial charge is 0.463 e. The minimum Gasteiger partial charge on any atom is -0.463 e. The molecule has 0 radical (unpaired) electrons. The molecule has 1 unspecified atom stereocenters. The highest BCUT2D eigenvalue weighted by Crippen LogP contribution is 2.36. The van der Waals surface area contributed by atoms with Gasteiger partial charge in [-0.15, -0.1) is 0 Å². The van der Waals surface area contributed by atoms with Crippen molar-refractivity contribution in [2.75, 3.05) is 0 Å². The largest absolute Gasteiger partial charge is 0.496 e. The van der Waals surface area contributed by atoms with E-state index < -0.39 is 42.3 Å². The minimum atomic E-state index is -4.60. The number of rotatable bonds is 3. The molecular formula is C14H18BF4NO3. The number of nitrogens with zero attached hydrogens (tertiary/aromatic N) is 1. The first-order valence-electron chi connectivity index (χ1n) is 7.08. The molecular weight excluding hydrogens is 317 g/mol. The van der Waals surface area contributed by atoms with Gasteiger partial charge in [-0.3, -0.25) is 0 Å². The molecule has 0 spiro atoms. The van der Waals surface area contributed by atoms with Gasteiger partial charge in [0.2, 0.25) is 0 Å². The molecule has 128 valence electrons. The molecule has 1 aromatic heterocycles. The highest BCUT2D eigenvalue weighted by molar-refractivity contribution is 6.62. The lowest BCUT2D eigenvalue weighted by atomic mass is 9.80. The van der Waals surface area contributed by atoms with Crippen LogP contribution < -0.4 is 10.2 Å². The predicted molar refractivity (Wildman–Crippen MR) is 76.1 cm³/mol. The van der Waals surface area contributed by atoms with Gasteiger partial charge in [0, 0.05) is 11.7 Å². The van der Waals surface area contributed by atoms with Crippen LogP contribution in [0.15, 0.2) is 12.3 Å². The molecule has 0 aromatic carbocycles. The van der Waals surface area contributed by atoms with Crippen LogP contribution in [0.4, 0.5) is 17.6 Å². The van der Waals surface area contributed by atoms with Crippen LogP contribution in [-0.2, 0) is 9.31 Å². The molecule has 2 heterocycles. The van der Waals surface area contributed by atoms with Crippen LogP contribution in [0.3, 0.4) is 0 Å². The van der Waals surface area contributed by atoms with Crippen LogP contribution in [0.25, 0.3) is 0 Å². The van der Waals surface area contributed by atoms with Crippen molar-refractivity contribution in [3.63, 3.8) is 0 Å². The lowest BCUT2D eigenvalue weighted by Crippen LogP contribution is -2.41. The van der Waals surface area contributed by atoms with Gasteiger partial charge in [-0.1, -0.05) is 0 Å². The lowest BCUT2D eigenvalue weighted by molar-refractivity contribution is -0.190. The summed E-state index contributed by atoms with van der Waals surface area (Å²) >= 11 is 0. The summed E-state index contributed by atoms with van der Waals surface area (Å²) in [5.74, 6) is -1.72. The van der Waals surface area contributed by atoms with Crippen molar-refractivity contribution in [2.45, 2.75) is 58.1 Å². The second-order valence-electron chi connectivity index (χ2n) is 6.45. The summed E-state index contributed by atoms with van der Waals surface area (Å²) in [7, 11) is -0.851. The summed E-state index contributed by atoms with van der Waals surface area (Å²) in [6, 6.07) is 1.01. The summed E-state index contributed by atoms with van der Waals surface area (Å²) < 4.78 is 67.3. The van der Waals surface area contributed by atoms with Gasteiger partial charge >= 0.3 is 13.3 Å². The fraction of sp³-hybridized carbons (Fsp3) is 0.643. The fourth-order valence-electron chi connectivity index (χ4n) is 1.87. The fourth-order valence-corrected chi connectivity index (χ4v) is 1.87. The molecule has 9 heteroatoms. The summed E-state index contributed by atoms with van der Waals surface area (Å²) in [6.07, 6.45) is -5.57. The van der Waals surface area contributed by atoms with Crippen molar-refractivity contribution >= 4 is 12.6 Å². The van der Waals surface area contributed by atoms with Crippen molar-refractivity contribution in [3.8, 4) is 5.88 Å². The molecule has 1 saturated heterocycles. The molecule has 23 heavy (non-hydrogen) atoms. The Morgan fingerprint density at radius 3 is 2.13 bits per heavy atom. The van der Waals surface area contributed by atoms with Crippen molar-refractivity contribution in [2.24, 2.45) is 0 Å². The monoisotopic (exact) mass is 335 g/mol. The molecule has 2 rings (SSSR count). The third kappa shape index (κ3) is 3.60. The Morgan fingerprint density at radius 2 is 1.70 bits per heavy atom. The number of pyridine rings is 1. The van der Waals surface area contributed by atoms with Crippen molar-refractivity contribution in [1.82, 2.24) is 4.98 Å². The van der Waals surface area contributed by atoms with E-state index in [2.05, 4.69) is 9.72 Å². The molecule has 0 saturated carbocycles. The highest BCUT2D eigenvalue weighted by atomic mass is 19.4. The van der Waals surface area contributed by atoms with Crippen molar-refractivity contribution < 1.29 is 31.6 Å². The van der Waals surface area contributed by atoms with Gasteiger partial charge in [0.1, 0.15) is 0 Å². The number of hydrogen-bond donors (Lipinski definition) is 0. The first kappa shape index (κ1) is 18.0. The first-order chi connectivity index (χ1) is 10.3. The SMILES string of the molecule is CC(Oc1ncc(B2OC(C)(C)C(C)(C)O2)cc1F)C(F)(F)F. The maximum absolute atomic E-state index is 14.0. The second-order valence-corrected chi connectivity index (χ2v) is 6.45. The van der Waals surface area contributed by atoms with E-state index in [9.17, 15) is 17.6 Å². The standard InChI is InChI=1S/C14H18BF4NO3/c1-8(14(17,18)19)21-11-10(16)6-9(7-20-11)15-22-12(2,3)13(4,5)23-15/h6-8H,1-5H3. The van der Waals surface area contributed by atoms with E-state index in [1.807, 2.05) is 27.7 Å². The van der Waals surface area contributed by atoms with Gasteiger partial charge in [-0.2, -0.15) is 13.2 Å². The molecule has 0 bridgehead atoms. The van der Waals surface area contributed by atoms with E-state index in [0.717, 1.165) is 13.0 Å². The number of halogens is 4. The molecule has 1 aromatic rings. The zero-order chi connectivity index (χ0) is 17.6. The zero-order valence-corrected chi connectivity index (χ0v) is 13.5. The van der Waals surface area contributed by atoms with Crippen LogP contribution in [-0.4, -0.2) is 35.6 Å². The quantitative estimate of drug-likeness (QED) is 0.629. The van der Waals surface area contributed by atoms with Gasteiger partial charge in [0.25, 0.3) is 5.88 Å². The van der Waals surface area contributed by atoms with Crippen LogP contribution >= 0.6 is 0 Å². The third-order valence-electron chi connectivity index (χ3n) is 4.10. The molecule has 0 N–H and O–H groups in total. The summed E-state index contributed by atoms with van der Waals surface area (Å²) in [5.41, 5.74) is -0.962. The summed E-state index contributed by atoms with van der Waals surface area (Å²) in [4.78, 5) is 3.61. The number of hydrogen-bond acceptors (Lipinski definition) is 4. The van der Waals surface area contributed by atoms with Gasteiger partial charge in [-0.25, -0.2) is 9.37 Å². The average molecular weight is 335 g/mol. The average Bonchev–Trinajstić information content (AvgIpc) is 2.59. The Morgan fingerprint density at radius 1 is 1.17 bits per heavy atom. The van der Waals surface area contributed by atoms with Crippen LogP contribution in [0.1, 0.15) is 34.6 Å². The second kappa shape index (κ2) is 5.63. The van der Waals surface area contributed by atoms with E-state index >= 15 is 0 Å². The Bertz CT molecular complexity index is 576. The number of alkyl halides is 3. The molecule has 0 aliphatic carbocycles. The highest BCUT2D eigenvalue weighted by Gasteiger charge is 2.52. The van der Waals surface area contributed by atoms with Gasteiger partial charge in [-0.05, 0) is 40.7 Å². The normalized spacial score (nSPS) is 21.3. The van der Waals surface area contributed by atoms with Crippen LogP contribution in [0.5, 0.6) is 5.88 Å². The number of aromatic nitrogens is 1. The predicted octanol–water partition coefficient (Wildman–Crippen LogP) is 2.85. The Labute approximate surface area is 132 Å². The maximum atomic E-state index is 14.0. The van der Waals surface area contributed by atoms with E-state index in [0.29, 0.717) is 0 Å². The molecule has 1 fully saturated rings. The van der Waals surface area contributed by atoms with Gasteiger partial charge in [0.05, 0.1) is 11.2 Å². The third-order valence-corrected chi connectivity index (χ3v) is 4.10.